The molecular formula is C16H44FeN2OSi4. The summed E-state index contributed by atoms with van der Waals surface area (Å²) in [5, 5.41) is 0. The van der Waals surface area contributed by atoms with Crippen LogP contribution >= 0.6 is 0 Å². The molecule has 0 bridgehead atoms. The van der Waals surface area contributed by atoms with Gasteiger partial charge in [-0.15, -0.1) is 0 Å². The van der Waals surface area contributed by atoms with Crippen LogP contribution in [0.25, 0.3) is 9.30 Å². The Balaban J connectivity index is -0.000000279. The van der Waals surface area contributed by atoms with E-state index in [1.54, 1.807) is 0 Å². The fourth-order valence-corrected chi connectivity index (χ4v) is 18.6. The molecule has 1 aliphatic heterocycles. The van der Waals surface area contributed by atoms with E-state index >= 15 is 0 Å². The number of hydrogen-bond acceptors (Lipinski definition) is 1. The molecule has 1 rings (SSSR count). The maximum atomic E-state index is 4.94. The van der Waals surface area contributed by atoms with Crippen molar-refractivity contribution in [2.75, 3.05) is 13.2 Å². The van der Waals surface area contributed by atoms with Crippen LogP contribution < -0.4 is 0 Å². The van der Waals surface area contributed by atoms with Crippen molar-refractivity contribution < 1.29 is 21.8 Å². The Hall–Kier alpha value is 1.27. The van der Waals surface area contributed by atoms with E-state index in [2.05, 4.69) is 78.6 Å². The molecule has 0 aromatic heterocycles. The van der Waals surface area contributed by atoms with Crippen molar-refractivity contribution >= 4 is 32.9 Å². The average Bonchev–Trinajstić information content (AvgIpc) is 2.60. The first-order valence-electron chi connectivity index (χ1n) is 8.97. The smallest absolute Gasteiger partial charge is 0.668 e. The summed E-state index contributed by atoms with van der Waals surface area (Å²) in [6.07, 6.45) is 2.56. The Morgan fingerprint density at radius 3 is 0.750 bits per heavy atom. The van der Waals surface area contributed by atoms with Gasteiger partial charge in [0, 0.05) is 13.2 Å². The van der Waals surface area contributed by atoms with E-state index in [0.717, 1.165) is 13.2 Å². The Morgan fingerprint density at radius 2 is 0.708 bits per heavy atom. The molecule has 0 saturated carbocycles. The predicted octanol–water partition coefficient (Wildman–Crippen LogP) is 6.85. The van der Waals surface area contributed by atoms with Crippen LogP contribution in [0.3, 0.4) is 0 Å². The van der Waals surface area contributed by atoms with Crippen LogP contribution in [0.15, 0.2) is 0 Å². The van der Waals surface area contributed by atoms with Crippen molar-refractivity contribution in [1.82, 2.24) is 0 Å². The van der Waals surface area contributed by atoms with Crippen LogP contribution in [-0.2, 0) is 21.8 Å². The normalized spacial score (nSPS) is 15.5. The minimum Gasteiger partial charge on any atom is -0.668 e. The van der Waals surface area contributed by atoms with E-state index in [1.165, 1.54) is 12.8 Å². The minimum absolute atomic E-state index is 0. The van der Waals surface area contributed by atoms with Crippen LogP contribution in [0, 0.1) is 0 Å². The summed E-state index contributed by atoms with van der Waals surface area (Å²) < 4.78 is 14.6. The Labute approximate surface area is 168 Å². The van der Waals surface area contributed by atoms with E-state index in [0.29, 0.717) is 0 Å². The van der Waals surface area contributed by atoms with Crippen molar-refractivity contribution in [3.8, 4) is 0 Å². The van der Waals surface area contributed by atoms with Crippen molar-refractivity contribution in [3.63, 3.8) is 0 Å². The van der Waals surface area contributed by atoms with Gasteiger partial charge in [-0.1, -0.05) is 112 Å². The molecule has 24 heavy (non-hydrogen) atoms. The zero-order chi connectivity index (χ0) is 18.9. The van der Waals surface area contributed by atoms with E-state index in [-0.39, 0.29) is 17.1 Å². The second kappa shape index (κ2) is 12.6. The zero-order valence-electron chi connectivity index (χ0n) is 18.5. The van der Waals surface area contributed by atoms with Crippen molar-refractivity contribution in [2.24, 2.45) is 0 Å². The molecular weight excluding hydrogens is 404 g/mol. The Morgan fingerprint density at radius 1 is 0.500 bits per heavy atom. The summed E-state index contributed by atoms with van der Waals surface area (Å²) in [4.78, 5) is 0. The van der Waals surface area contributed by atoms with Crippen molar-refractivity contribution in [2.45, 2.75) is 91.4 Å². The van der Waals surface area contributed by atoms with Gasteiger partial charge in [-0.05, 0) is 12.8 Å². The van der Waals surface area contributed by atoms with Crippen LogP contribution in [0.1, 0.15) is 12.8 Å². The second-order valence-corrected chi connectivity index (χ2v) is 29.4. The summed E-state index contributed by atoms with van der Waals surface area (Å²) in [6, 6.07) is 0. The van der Waals surface area contributed by atoms with Crippen LogP contribution in [-0.4, -0.2) is 46.2 Å². The third kappa shape index (κ3) is 34.6. The molecule has 8 heteroatoms. The maximum absolute atomic E-state index is 4.94. The van der Waals surface area contributed by atoms with Crippen molar-refractivity contribution in [1.29, 1.82) is 0 Å². The minimum atomic E-state index is -1.11. The fourth-order valence-electron chi connectivity index (χ4n) is 2.52. The largest absolute Gasteiger partial charge is 2.00 e. The molecule has 3 nitrogen and oxygen atoms in total. The monoisotopic (exact) mass is 448 g/mol. The number of ether oxygens (including phenoxy) is 1. The number of rotatable bonds is 4. The first-order valence-corrected chi connectivity index (χ1v) is 22.8. The summed E-state index contributed by atoms with van der Waals surface area (Å²) in [7, 11) is -4.42. The maximum Gasteiger partial charge on any atom is 2.00 e. The van der Waals surface area contributed by atoms with Gasteiger partial charge >= 0.3 is 17.1 Å². The molecule has 0 amide bonds. The van der Waals surface area contributed by atoms with Gasteiger partial charge in [-0.3, -0.25) is 0 Å². The first-order chi connectivity index (χ1) is 9.91. The summed E-state index contributed by atoms with van der Waals surface area (Å²) in [6.45, 7) is 29.6. The van der Waals surface area contributed by atoms with Gasteiger partial charge in [0.05, 0.1) is 0 Å². The molecule has 1 fully saturated rings. The quantitative estimate of drug-likeness (QED) is 0.433. The first kappa shape index (κ1) is 30.0. The molecule has 1 heterocycles. The van der Waals surface area contributed by atoms with Gasteiger partial charge in [0.15, 0.2) is 0 Å². The molecule has 0 aromatic rings. The third-order valence-corrected chi connectivity index (χ3v) is 12.9. The van der Waals surface area contributed by atoms with E-state index in [4.69, 9.17) is 14.0 Å². The zero-order valence-corrected chi connectivity index (χ0v) is 23.6. The molecule has 0 aliphatic carbocycles. The van der Waals surface area contributed by atoms with Gasteiger partial charge in [-0.25, -0.2) is 0 Å². The molecule has 0 unspecified atom stereocenters. The molecule has 0 spiro atoms. The number of nitrogens with zero attached hydrogens (tertiary/aromatic N) is 2. The Kier molecular flexibility index (Phi) is 15.8. The predicted molar refractivity (Wildman–Crippen MR) is 120 cm³/mol. The van der Waals surface area contributed by atoms with Gasteiger partial charge in [0.1, 0.15) is 0 Å². The van der Waals surface area contributed by atoms with Crippen LogP contribution in [0.4, 0.5) is 0 Å². The summed E-state index contributed by atoms with van der Waals surface area (Å²) >= 11 is 0. The SMILES string of the molecule is C1CCOC1.C[Si](C)(C)[N-][Si](C)(C)C.C[Si](C)(C)[N-][Si](C)(C)C.[Fe+2]. The summed E-state index contributed by atoms with van der Waals surface area (Å²) in [5.74, 6) is 0. The fraction of sp³-hybridized carbons (Fsp3) is 1.00. The third-order valence-electron chi connectivity index (χ3n) is 2.17. The molecule has 1 saturated heterocycles. The van der Waals surface area contributed by atoms with Gasteiger partial charge in [-0.2, -0.15) is 0 Å². The molecule has 0 atom stereocenters. The van der Waals surface area contributed by atoms with Gasteiger partial charge in [0.25, 0.3) is 0 Å². The molecule has 0 aromatic carbocycles. The van der Waals surface area contributed by atoms with E-state index in [9.17, 15) is 0 Å². The molecule has 148 valence electrons. The molecule has 0 N–H and O–H groups in total. The van der Waals surface area contributed by atoms with Crippen LogP contribution in [0.2, 0.25) is 78.6 Å². The topological polar surface area (TPSA) is 37.4 Å². The second-order valence-electron chi connectivity index (χ2n) is 10.2. The van der Waals surface area contributed by atoms with E-state index in [1.807, 2.05) is 0 Å². The van der Waals surface area contributed by atoms with Crippen LogP contribution in [0.5, 0.6) is 0 Å². The molecule has 1 aliphatic rings. The van der Waals surface area contributed by atoms with Crippen molar-refractivity contribution in [3.05, 3.63) is 9.30 Å². The number of hydrogen-bond donors (Lipinski definition) is 0. The molecule has 0 radical (unpaired) electrons. The van der Waals surface area contributed by atoms with Gasteiger partial charge < -0.3 is 14.0 Å². The average molecular weight is 449 g/mol. The standard InChI is InChI=1S/2C6H18NSi2.C4H8O.Fe/c2*1-8(2,3)7-9(4,5)6;1-2-4-5-3-1;/h2*1-6H3;1-4H2;/q2*-1;;+2. The van der Waals surface area contributed by atoms with E-state index < -0.39 is 32.9 Å². The summed E-state index contributed by atoms with van der Waals surface area (Å²) in [5.41, 5.74) is 0. The Bertz CT molecular complexity index is 244. The van der Waals surface area contributed by atoms with Gasteiger partial charge in [0.2, 0.25) is 0 Å².